The molecule has 0 aliphatic heterocycles. The molecule has 2 aromatic rings. The number of esters is 1. The van der Waals surface area contributed by atoms with Crippen molar-refractivity contribution in [2.24, 2.45) is 0 Å². The van der Waals surface area contributed by atoms with Crippen molar-refractivity contribution in [1.29, 1.82) is 0 Å². The van der Waals surface area contributed by atoms with Gasteiger partial charge in [0.1, 0.15) is 6.23 Å². The van der Waals surface area contributed by atoms with E-state index in [2.05, 4.69) is 6.58 Å². The van der Waals surface area contributed by atoms with Crippen LogP contribution in [0.4, 0.5) is 0 Å². The molecule has 9 heteroatoms. The third-order valence-electron chi connectivity index (χ3n) is 4.70. The van der Waals surface area contributed by atoms with Crippen molar-refractivity contribution in [2.75, 3.05) is 20.4 Å². The van der Waals surface area contributed by atoms with Gasteiger partial charge in [-0.25, -0.2) is 4.79 Å². The molecule has 0 spiro atoms. The van der Waals surface area contributed by atoms with Crippen molar-refractivity contribution in [3.05, 3.63) is 72.8 Å². The first-order valence-corrected chi connectivity index (χ1v) is 17.2. The number of rotatable bonds is 11. The van der Waals surface area contributed by atoms with Gasteiger partial charge in [0.05, 0.1) is 0 Å². The second-order valence-electron chi connectivity index (χ2n) is 7.94. The van der Waals surface area contributed by atoms with E-state index in [0.29, 0.717) is 5.57 Å². The highest BCUT2D eigenvalue weighted by molar-refractivity contribution is 7.01. The second kappa shape index (κ2) is 10.6. The van der Waals surface area contributed by atoms with Crippen LogP contribution in [0.3, 0.4) is 0 Å². The van der Waals surface area contributed by atoms with Gasteiger partial charge in [0.15, 0.2) is 0 Å². The van der Waals surface area contributed by atoms with E-state index in [1.165, 1.54) is 0 Å². The van der Waals surface area contributed by atoms with Gasteiger partial charge in [0.25, 0.3) is 0 Å². The quantitative estimate of drug-likeness (QED) is 0.282. The first kappa shape index (κ1) is 25.4. The van der Waals surface area contributed by atoms with E-state index in [4.69, 9.17) is 21.8 Å². The van der Waals surface area contributed by atoms with Crippen molar-refractivity contribution in [3.63, 3.8) is 0 Å². The molecule has 31 heavy (non-hydrogen) atoms. The molecule has 0 heterocycles. The summed E-state index contributed by atoms with van der Waals surface area (Å²) in [5, 5.41) is 1.86. The van der Waals surface area contributed by atoms with Gasteiger partial charge in [-0.2, -0.15) is 0 Å². The summed E-state index contributed by atoms with van der Waals surface area (Å²) in [6, 6.07) is 19.8. The molecule has 0 aliphatic carbocycles. The molecule has 0 fully saturated rings. The molecule has 168 valence electrons. The topological polar surface area (TPSA) is 63.2 Å². The van der Waals surface area contributed by atoms with Crippen molar-refractivity contribution in [1.82, 2.24) is 0 Å². The van der Waals surface area contributed by atoms with Crippen molar-refractivity contribution < 1.29 is 26.6 Å². The van der Waals surface area contributed by atoms with Crippen LogP contribution in [0.25, 0.3) is 0 Å². The molecule has 2 aromatic carbocycles. The maximum atomic E-state index is 12.0. The Bertz CT molecular complexity index is 830. The number of carbonyl (C=O) groups is 1. The van der Waals surface area contributed by atoms with Gasteiger partial charge in [-0.15, -0.1) is 0 Å². The normalized spacial score (nSPS) is 12.5. The lowest BCUT2D eigenvalue weighted by Gasteiger charge is -2.41. The SMILES string of the molecule is C=C(C)C(=O)OC[Si](C)(C)O[Si](O[Si](C)(OC)OC)(c1ccccc1)c1ccccc1. The Morgan fingerprint density at radius 3 is 1.68 bits per heavy atom. The molecule has 2 rings (SSSR count). The summed E-state index contributed by atoms with van der Waals surface area (Å²) >= 11 is 0. The van der Waals surface area contributed by atoms with E-state index in [9.17, 15) is 4.79 Å². The fraction of sp³-hybridized carbons (Fsp3) is 0.318. The highest BCUT2D eigenvalue weighted by Gasteiger charge is 2.53. The Balaban J connectivity index is 2.59. The van der Waals surface area contributed by atoms with Crippen LogP contribution in [0, 0.1) is 0 Å². The molecule has 0 bridgehead atoms. The zero-order valence-corrected chi connectivity index (χ0v) is 22.1. The second-order valence-corrected chi connectivity index (χ2v) is 18.3. The predicted molar refractivity (Wildman–Crippen MR) is 129 cm³/mol. The summed E-state index contributed by atoms with van der Waals surface area (Å²) in [6.45, 7) is 11.1. The molecular formula is C22H32O6Si3. The maximum Gasteiger partial charge on any atom is 0.488 e. The van der Waals surface area contributed by atoms with Crippen LogP contribution in [0.5, 0.6) is 0 Å². The Morgan fingerprint density at radius 2 is 1.29 bits per heavy atom. The lowest BCUT2D eigenvalue weighted by molar-refractivity contribution is -0.137. The lowest BCUT2D eigenvalue weighted by Crippen LogP contribution is -2.72. The molecule has 0 saturated heterocycles. The van der Waals surface area contributed by atoms with E-state index >= 15 is 0 Å². The maximum absolute atomic E-state index is 12.0. The van der Waals surface area contributed by atoms with Gasteiger partial charge in [-0.3, -0.25) is 0 Å². The Morgan fingerprint density at radius 1 is 0.839 bits per heavy atom. The highest BCUT2D eigenvalue weighted by atomic mass is 28.5. The fourth-order valence-corrected chi connectivity index (χ4v) is 13.7. The molecule has 6 nitrogen and oxygen atoms in total. The van der Waals surface area contributed by atoms with Crippen molar-refractivity contribution >= 4 is 42.0 Å². The largest absolute Gasteiger partial charge is 0.488 e. The minimum Gasteiger partial charge on any atom is -0.463 e. The van der Waals surface area contributed by atoms with Gasteiger partial charge in [0, 0.05) is 26.3 Å². The monoisotopic (exact) mass is 476 g/mol. The van der Waals surface area contributed by atoms with E-state index in [0.717, 1.165) is 10.4 Å². The zero-order valence-electron chi connectivity index (χ0n) is 19.1. The highest BCUT2D eigenvalue weighted by Crippen LogP contribution is 2.23. The molecule has 0 aromatic heterocycles. The molecule has 0 amide bonds. The van der Waals surface area contributed by atoms with E-state index in [-0.39, 0.29) is 6.23 Å². The molecule has 0 aliphatic rings. The first-order chi connectivity index (χ1) is 14.6. The van der Waals surface area contributed by atoms with Crippen LogP contribution in [-0.2, 0) is 26.6 Å². The first-order valence-electron chi connectivity index (χ1n) is 10.0. The van der Waals surface area contributed by atoms with Crippen molar-refractivity contribution in [3.8, 4) is 0 Å². The summed E-state index contributed by atoms with van der Waals surface area (Å²) in [5.74, 6) is -0.426. The Hall–Kier alpha value is -1.86. The van der Waals surface area contributed by atoms with Crippen LogP contribution < -0.4 is 10.4 Å². The zero-order chi connectivity index (χ0) is 23.1. The standard InChI is InChI=1S/C22H32O6Si3/c1-19(2)22(23)26-18-29(5,6)27-31(20-14-10-8-11-15-20,21-16-12-9-13-17-21)28-30(7,24-3)25-4/h8-17H,1,18H2,2-7H3. The summed E-state index contributed by atoms with van der Waals surface area (Å²) in [4.78, 5) is 12.0. The van der Waals surface area contributed by atoms with Crippen LogP contribution in [0.15, 0.2) is 72.8 Å². The molecule has 0 atom stereocenters. The summed E-state index contributed by atoms with van der Waals surface area (Å²) < 4.78 is 30.6. The van der Waals surface area contributed by atoms with Crippen molar-refractivity contribution in [2.45, 2.75) is 26.6 Å². The van der Waals surface area contributed by atoms with E-state index in [1.807, 2.05) is 80.3 Å². The number of hydrogen-bond acceptors (Lipinski definition) is 6. The minimum absolute atomic E-state index is 0.175. The lowest BCUT2D eigenvalue weighted by atomic mass is 10.4. The van der Waals surface area contributed by atoms with Gasteiger partial charge in [0.2, 0.25) is 8.32 Å². The van der Waals surface area contributed by atoms with Gasteiger partial charge in [-0.05, 0) is 30.4 Å². The van der Waals surface area contributed by atoms with Crippen LogP contribution in [0.2, 0.25) is 19.6 Å². The Kier molecular flexibility index (Phi) is 8.72. The fourth-order valence-electron chi connectivity index (χ4n) is 2.95. The van der Waals surface area contributed by atoms with Gasteiger partial charge < -0.3 is 21.8 Å². The van der Waals surface area contributed by atoms with Gasteiger partial charge in [-0.1, -0.05) is 67.2 Å². The third kappa shape index (κ3) is 6.56. The average Bonchev–Trinajstić information content (AvgIpc) is 2.78. The molecule has 0 saturated carbocycles. The molecular weight excluding hydrogens is 444 g/mol. The third-order valence-corrected chi connectivity index (χ3v) is 15.2. The summed E-state index contributed by atoms with van der Waals surface area (Å²) in [5.41, 5.74) is 0.356. The minimum atomic E-state index is -3.30. The van der Waals surface area contributed by atoms with E-state index < -0.39 is 31.7 Å². The number of benzene rings is 2. The molecule has 0 unspecified atom stereocenters. The summed E-state index contributed by atoms with van der Waals surface area (Å²) in [6.07, 6.45) is 0.175. The van der Waals surface area contributed by atoms with Gasteiger partial charge >= 0.3 is 23.3 Å². The average molecular weight is 477 g/mol. The van der Waals surface area contributed by atoms with Crippen LogP contribution in [-0.4, -0.2) is 52.1 Å². The number of hydrogen-bond donors (Lipinski definition) is 0. The van der Waals surface area contributed by atoms with Crippen LogP contribution in [0.1, 0.15) is 6.92 Å². The molecule has 0 radical (unpaired) electrons. The number of carbonyl (C=O) groups excluding carboxylic acids is 1. The van der Waals surface area contributed by atoms with Crippen LogP contribution >= 0.6 is 0 Å². The predicted octanol–water partition coefficient (Wildman–Crippen LogP) is 3.00. The van der Waals surface area contributed by atoms with E-state index in [1.54, 1.807) is 21.1 Å². The molecule has 0 N–H and O–H groups in total. The summed E-state index contributed by atoms with van der Waals surface area (Å²) in [7, 11) is -5.73. The Labute approximate surface area is 188 Å². The number of ether oxygens (including phenoxy) is 1. The smallest absolute Gasteiger partial charge is 0.463 e.